The fourth-order valence-corrected chi connectivity index (χ4v) is 5.28. The van der Waals surface area contributed by atoms with E-state index in [9.17, 15) is 18.0 Å². The maximum atomic E-state index is 12.9. The van der Waals surface area contributed by atoms with Crippen molar-refractivity contribution in [1.82, 2.24) is 23.6 Å². The lowest BCUT2D eigenvalue weighted by Gasteiger charge is -2.26. The molecule has 3 heterocycles. The van der Waals surface area contributed by atoms with Crippen molar-refractivity contribution >= 4 is 44.3 Å². The monoisotopic (exact) mass is 480 g/mol. The Kier molecular flexibility index (Phi) is 6.29. The van der Waals surface area contributed by atoms with Gasteiger partial charge in [0.2, 0.25) is 15.9 Å². The van der Waals surface area contributed by atoms with Gasteiger partial charge in [-0.3, -0.25) is 18.8 Å². The summed E-state index contributed by atoms with van der Waals surface area (Å²) in [6, 6.07) is 4.28. The number of hydrogen-bond acceptors (Lipinski definition) is 7. The third-order valence-electron chi connectivity index (χ3n) is 5.10. The number of nitrogens with one attached hydrogen (secondary N) is 1. The van der Waals surface area contributed by atoms with Crippen LogP contribution in [0.4, 0.5) is 5.69 Å². The summed E-state index contributed by atoms with van der Waals surface area (Å²) in [4.78, 5) is 29.0. The van der Waals surface area contributed by atoms with Crippen LogP contribution in [0.25, 0.3) is 11.0 Å². The van der Waals surface area contributed by atoms with E-state index in [0.29, 0.717) is 29.9 Å². The van der Waals surface area contributed by atoms with Crippen LogP contribution in [0.5, 0.6) is 0 Å². The summed E-state index contributed by atoms with van der Waals surface area (Å²) in [5, 5.41) is 7.10. The minimum atomic E-state index is -3.82. The van der Waals surface area contributed by atoms with Crippen molar-refractivity contribution in [1.29, 1.82) is 0 Å². The first-order valence-corrected chi connectivity index (χ1v) is 11.6. The van der Waals surface area contributed by atoms with E-state index in [0.717, 1.165) is 0 Å². The van der Waals surface area contributed by atoms with Crippen LogP contribution in [0.1, 0.15) is 6.42 Å². The van der Waals surface area contributed by atoms with Crippen molar-refractivity contribution in [3.05, 3.63) is 46.1 Å². The van der Waals surface area contributed by atoms with Gasteiger partial charge in [0.15, 0.2) is 5.65 Å². The molecule has 1 aromatic carbocycles. The van der Waals surface area contributed by atoms with Gasteiger partial charge in [-0.2, -0.15) is 9.40 Å². The number of carbonyl (C=O) groups is 1. The van der Waals surface area contributed by atoms with Gasteiger partial charge >= 0.3 is 0 Å². The molecule has 1 N–H and O–H groups in total. The highest BCUT2D eigenvalue weighted by Gasteiger charge is 2.28. The fraction of sp³-hybridized carbons (Fsp3) is 0.368. The summed E-state index contributed by atoms with van der Waals surface area (Å²) >= 11 is 6.14. The molecule has 0 bridgehead atoms. The lowest BCUT2D eigenvalue weighted by molar-refractivity contribution is -0.116. The molecule has 13 heteroatoms. The average Bonchev–Trinajstić information content (AvgIpc) is 3.16. The van der Waals surface area contributed by atoms with Crippen LogP contribution >= 0.6 is 11.6 Å². The SMILES string of the molecule is Cn1ncc2c(=O)n(CCC(=O)Nc3ccc(Cl)c(S(=O)(=O)N4CCOCC4)c3)cnc21. The number of morpholine rings is 1. The van der Waals surface area contributed by atoms with E-state index in [-0.39, 0.29) is 47.4 Å². The Hall–Kier alpha value is -2.80. The minimum Gasteiger partial charge on any atom is -0.379 e. The standard InChI is InChI=1S/C19H21ClN6O5S/c1-24-18-14(11-22-24)19(28)25(12-21-18)5-4-17(27)23-13-2-3-15(20)16(10-13)32(29,30)26-6-8-31-9-7-26/h2-3,10-12H,4-9H2,1H3,(H,23,27). The predicted octanol–water partition coefficient (Wildman–Crippen LogP) is 0.833. The summed E-state index contributed by atoms with van der Waals surface area (Å²) in [6.07, 6.45) is 2.79. The molecule has 2 aromatic heterocycles. The van der Waals surface area contributed by atoms with Crippen molar-refractivity contribution in [3.8, 4) is 0 Å². The number of aromatic nitrogens is 4. The largest absolute Gasteiger partial charge is 0.379 e. The second-order valence-corrected chi connectivity index (χ2v) is 9.52. The second-order valence-electron chi connectivity index (χ2n) is 7.21. The van der Waals surface area contributed by atoms with Crippen molar-refractivity contribution in [3.63, 3.8) is 0 Å². The van der Waals surface area contributed by atoms with Crippen LogP contribution in [0.2, 0.25) is 5.02 Å². The molecule has 0 radical (unpaired) electrons. The van der Waals surface area contributed by atoms with E-state index in [1.165, 1.54) is 44.3 Å². The van der Waals surface area contributed by atoms with Crippen LogP contribution in [-0.4, -0.2) is 64.3 Å². The van der Waals surface area contributed by atoms with Crippen LogP contribution in [0.3, 0.4) is 0 Å². The van der Waals surface area contributed by atoms with Gasteiger partial charge in [-0.05, 0) is 18.2 Å². The third-order valence-corrected chi connectivity index (χ3v) is 7.48. The number of hydrogen-bond donors (Lipinski definition) is 1. The smallest absolute Gasteiger partial charge is 0.264 e. The van der Waals surface area contributed by atoms with Crippen molar-refractivity contribution < 1.29 is 17.9 Å². The van der Waals surface area contributed by atoms with E-state index in [1.54, 1.807) is 7.05 Å². The number of fused-ring (bicyclic) bond motifs is 1. The molecular formula is C19H21ClN6O5S. The Bertz CT molecular complexity index is 1330. The molecule has 32 heavy (non-hydrogen) atoms. The molecule has 0 spiro atoms. The summed E-state index contributed by atoms with van der Waals surface area (Å²) in [5.41, 5.74) is 0.464. The Morgan fingerprint density at radius 2 is 2.03 bits per heavy atom. The van der Waals surface area contributed by atoms with Crippen LogP contribution in [-0.2, 0) is 33.1 Å². The molecule has 1 aliphatic heterocycles. The minimum absolute atomic E-state index is 0.0124. The van der Waals surface area contributed by atoms with Gasteiger partial charge in [0.25, 0.3) is 5.56 Å². The lowest BCUT2D eigenvalue weighted by atomic mass is 10.3. The van der Waals surface area contributed by atoms with E-state index < -0.39 is 10.0 Å². The highest BCUT2D eigenvalue weighted by molar-refractivity contribution is 7.89. The van der Waals surface area contributed by atoms with Gasteiger partial charge in [0.05, 0.1) is 30.8 Å². The number of rotatable bonds is 6. The van der Waals surface area contributed by atoms with E-state index in [2.05, 4.69) is 15.4 Å². The topological polar surface area (TPSA) is 128 Å². The van der Waals surface area contributed by atoms with Crippen LogP contribution in [0, 0.1) is 0 Å². The number of sulfonamides is 1. The number of halogens is 1. The zero-order valence-corrected chi connectivity index (χ0v) is 18.8. The Morgan fingerprint density at radius 3 is 2.78 bits per heavy atom. The number of anilines is 1. The highest BCUT2D eigenvalue weighted by atomic mass is 35.5. The molecular weight excluding hydrogens is 460 g/mol. The molecule has 170 valence electrons. The molecule has 0 atom stereocenters. The number of nitrogens with zero attached hydrogens (tertiary/aromatic N) is 5. The molecule has 1 saturated heterocycles. The molecule has 0 unspecified atom stereocenters. The zero-order valence-electron chi connectivity index (χ0n) is 17.2. The Labute approximate surface area is 188 Å². The summed E-state index contributed by atoms with van der Waals surface area (Å²) < 4.78 is 35.2. The fourth-order valence-electron chi connectivity index (χ4n) is 3.38. The second kappa shape index (κ2) is 8.98. The normalized spacial score (nSPS) is 15.2. The maximum Gasteiger partial charge on any atom is 0.264 e. The molecule has 1 fully saturated rings. The molecule has 1 amide bonds. The number of benzene rings is 1. The van der Waals surface area contributed by atoms with Gasteiger partial charge in [-0.1, -0.05) is 11.6 Å². The predicted molar refractivity (Wildman–Crippen MR) is 117 cm³/mol. The van der Waals surface area contributed by atoms with Gasteiger partial charge in [0.1, 0.15) is 10.3 Å². The lowest BCUT2D eigenvalue weighted by Crippen LogP contribution is -2.40. The molecule has 0 saturated carbocycles. The molecule has 0 aliphatic carbocycles. The van der Waals surface area contributed by atoms with E-state index in [1.807, 2.05) is 0 Å². The van der Waals surface area contributed by atoms with Crippen molar-refractivity contribution in [2.45, 2.75) is 17.9 Å². The van der Waals surface area contributed by atoms with Crippen molar-refractivity contribution in [2.24, 2.45) is 7.05 Å². The first-order valence-electron chi connectivity index (χ1n) is 9.82. The molecule has 1 aliphatic rings. The van der Waals surface area contributed by atoms with Crippen LogP contribution in [0.15, 0.2) is 40.4 Å². The molecule has 11 nitrogen and oxygen atoms in total. The van der Waals surface area contributed by atoms with E-state index >= 15 is 0 Å². The average molecular weight is 481 g/mol. The Balaban J connectivity index is 1.46. The van der Waals surface area contributed by atoms with Crippen LogP contribution < -0.4 is 10.9 Å². The zero-order chi connectivity index (χ0) is 22.9. The van der Waals surface area contributed by atoms with Crippen molar-refractivity contribution in [2.75, 3.05) is 31.6 Å². The number of ether oxygens (including phenoxy) is 1. The van der Waals surface area contributed by atoms with Gasteiger partial charge in [0, 0.05) is 38.8 Å². The summed E-state index contributed by atoms with van der Waals surface area (Å²) in [6.45, 7) is 1.20. The highest BCUT2D eigenvalue weighted by Crippen LogP contribution is 2.28. The molecule has 4 rings (SSSR count). The van der Waals surface area contributed by atoms with E-state index in [4.69, 9.17) is 16.3 Å². The quantitative estimate of drug-likeness (QED) is 0.553. The summed E-state index contributed by atoms with van der Waals surface area (Å²) in [5.74, 6) is -0.389. The summed E-state index contributed by atoms with van der Waals surface area (Å²) in [7, 11) is -2.14. The molecule has 3 aromatic rings. The number of aryl methyl sites for hydroxylation is 2. The third kappa shape index (κ3) is 4.39. The maximum absolute atomic E-state index is 12.9. The van der Waals surface area contributed by atoms with Gasteiger partial charge in [-0.25, -0.2) is 13.4 Å². The number of carbonyl (C=O) groups excluding carboxylic acids is 1. The van der Waals surface area contributed by atoms with Gasteiger partial charge < -0.3 is 10.1 Å². The Morgan fingerprint density at radius 1 is 1.28 bits per heavy atom. The van der Waals surface area contributed by atoms with Gasteiger partial charge in [-0.15, -0.1) is 0 Å². The first kappa shape index (κ1) is 22.4. The first-order chi connectivity index (χ1) is 15.3. The number of amides is 1.